The first-order chi connectivity index (χ1) is 16.1. The van der Waals surface area contributed by atoms with Crippen molar-refractivity contribution in [3.8, 4) is 11.3 Å². The number of carbonyl (C=O) groups excluding carboxylic acids is 1. The van der Waals surface area contributed by atoms with Crippen LogP contribution in [0.5, 0.6) is 0 Å². The Bertz CT molecular complexity index is 1340. The maximum Gasteiger partial charge on any atom is 0.253 e. The van der Waals surface area contributed by atoms with Crippen LogP contribution in [0.2, 0.25) is 5.02 Å². The van der Waals surface area contributed by atoms with Crippen LogP contribution in [0.1, 0.15) is 16.8 Å². The number of fused-ring (bicyclic) bond motifs is 3. The van der Waals surface area contributed by atoms with Gasteiger partial charge in [0.2, 0.25) is 5.95 Å². The standard InChI is InChI=1S/C25H23ClN6O/c26-20-11-29-25(31-23(20)19-10-28-21-4-2-1-3-18(19)21)30-22-15-9-16(22)13-32(12-15)24(33)14-5-7-17(27)8-6-14/h1-8,10-11,15-16,22,28H,9,12-13,27H2,(H,29,30,31). The van der Waals surface area contributed by atoms with Gasteiger partial charge in [0.05, 0.1) is 16.9 Å². The molecule has 4 N–H and O–H groups in total. The number of H-pyrrole nitrogens is 1. The Morgan fingerprint density at radius 3 is 2.67 bits per heavy atom. The Morgan fingerprint density at radius 1 is 1.12 bits per heavy atom. The summed E-state index contributed by atoms with van der Waals surface area (Å²) in [4.78, 5) is 27.3. The molecule has 2 aromatic carbocycles. The van der Waals surface area contributed by atoms with Crippen LogP contribution < -0.4 is 11.1 Å². The van der Waals surface area contributed by atoms with Gasteiger partial charge in [-0.15, -0.1) is 0 Å². The molecule has 33 heavy (non-hydrogen) atoms. The van der Waals surface area contributed by atoms with Crippen LogP contribution in [-0.2, 0) is 0 Å². The van der Waals surface area contributed by atoms with Crippen molar-refractivity contribution >= 4 is 40.0 Å². The molecule has 8 heteroatoms. The van der Waals surface area contributed by atoms with Gasteiger partial charge in [0.25, 0.3) is 5.91 Å². The molecule has 3 fully saturated rings. The van der Waals surface area contributed by atoms with E-state index in [9.17, 15) is 4.79 Å². The number of piperidine rings is 2. The number of para-hydroxylation sites is 1. The second-order valence-corrected chi connectivity index (χ2v) is 9.30. The fourth-order valence-electron chi connectivity index (χ4n) is 5.14. The number of hydrogen-bond acceptors (Lipinski definition) is 5. The summed E-state index contributed by atoms with van der Waals surface area (Å²) in [6, 6.07) is 15.4. The van der Waals surface area contributed by atoms with Crippen molar-refractivity contribution < 1.29 is 4.79 Å². The van der Waals surface area contributed by atoms with Crippen molar-refractivity contribution in [3.05, 3.63) is 71.5 Å². The SMILES string of the molecule is Nc1ccc(C(=O)N2CC3CC(C2)C3Nc2ncc(Cl)c(-c3c[nH]c4ccccc34)n2)cc1. The molecule has 3 aliphatic rings. The molecule has 1 saturated carbocycles. The smallest absolute Gasteiger partial charge is 0.253 e. The molecule has 1 aliphatic carbocycles. The third kappa shape index (κ3) is 3.49. The van der Waals surface area contributed by atoms with Gasteiger partial charge in [-0.3, -0.25) is 4.79 Å². The van der Waals surface area contributed by atoms with E-state index in [1.807, 2.05) is 29.3 Å². The Kier molecular flexibility index (Phi) is 4.73. The summed E-state index contributed by atoms with van der Waals surface area (Å²) in [6.07, 6.45) is 4.69. The molecule has 2 atom stereocenters. The van der Waals surface area contributed by atoms with E-state index in [0.717, 1.165) is 36.0 Å². The van der Waals surface area contributed by atoms with Crippen molar-refractivity contribution in [3.63, 3.8) is 0 Å². The van der Waals surface area contributed by atoms with Crippen molar-refractivity contribution in [2.45, 2.75) is 12.5 Å². The molecule has 2 aromatic heterocycles. The van der Waals surface area contributed by atoms with E-state index < -0.39 is 0 Å². The van der Waals surface area contributed by atoms with Crippen LogP contribution in [-0.4, -0.2) is 44.9 Å². The quantitative estimate of drug-likeness (QED) is 0.393. The van der Waals surface area contributed by atoms with Gasteiger partial charge < -0.3 is 20.9 Å². The van der Waals surface area contributed by atoms with Gasteiger partial charge in [0.1, 0.15) is 0 Å². The number of carbonyl (C=O) groups is 1. The van der Waals surface area contributed by atoms with Gasteiger partial charge in [-0.1, -0.05) is 29.8 Å². The van der Waals surface area contributed by atoms with Crippen LogP contribution in [0, 0.1) is 11.8 Å². The summed E-state index contributed by atoms with van der Waals surface area (Å²) in [7, 11) is 0. The topological polar surface area (TPSA) is 99.9 Å². The van der Waals surface area contributed by atoms with Gasteiger partial charge in [0.15, 0.2) is 0 Å². The Labute approximate surface area is 196 Å². The lowest BCUT2D eigenvalue weighted by Crippen LogP contribution is -2.62. The minimum atomic E-state index is 0.0625. The van der Waals surface area contributed by atoms with Crippen molar-refractivity contribution in [2.24, 2.45) is 11.8 Å². The third-order valence-electron chi connectivity index (χ3n) is 6.86. The van der Waals surface area contributed by atoms with E-state index in [4.69, 9.17) is 22.3 Å². The van der Waals surface area contributed by atoms with Crippen LogP contribution in [0.25, 0.3) is 22.2 Å². The molecule has 1 amide bonds. The van der Waals surface area contributed by atoms with Crippen LogP contribution >= 0.6 is 11.6 Å². The normalized spacial score (nSPS) is 21.6. The third-order valence-corrected chi connectivity index (χ3v) is 7.14. The average Bonchev–Trinajstić information content (AvgIpc) is 3.27. The second kappa shape index (κ2) is 7.78. The Hall–Kier alpha value is -3.58. The lowest BCUT2D eigenvalue weighted by Gasteiger charge is -2.53. The van der Waals surface area contributed by atoms with Crippen molar-refractivity contribution in [2.75, 3.05) is 24.1 Å². The number of benzene rings is 2. The van der Waals surface area contributed by atoms with E-state index in [1.165, 1.54) is 0 Å². The van der Waals surface area contributed by atoms with Crippen LogP contribution in [0.3, 0.4) is 0 Å². The highest BCUT2D eigenvalue weighted by Gasteiger charge is 2.48. The molecule has 0 radical (unpaired) electrons. The number of rotatable bonds is 4. The predicted octanol–water partition coefficient (Wildman–Crippen LogP) is 4.43. The molecule has 7 rings (SSSR count). The number of anilines is 2. The minimum absolute atomic E-state index is 0.0625. The molecular weight excluding hydrogens is 436 g/mol. The summed E-state index contributed by atoms with van der Waals surface area (Å²) in [5.74, 6) is 1.37. The Balaban J connectivity index is 1.19. The highest BCUT2D eigenvalue weighted by molar-refractivity contribution is 6.33. The van der Waals surface area contributed by atoms with Crippen molar-refractivity contribution in [1.82, 2.24) is 19.9 Å². The number of aromatic amines is 1. The molecule has 2 saturated heterocycles. The summed E-state index contributed by atoms with van der Waals surface area (Å²) >= 11 is 6.47. The van der Waals surface area contributed by atoms with Gasteiger partial charge >= 0.3 is 0 Å². The van der Waals surface area contributed by atoms with E-state index in [0.29, 0.717) is 39.8 Å². The number of nitrogens with zero attached hydrogens (tertiary/aromatic N) is 3. The summed E-state index contributed by atoms with van der Waals surface area (Å²) in [5.41, 5.74) is 9.79. The summed E-state index contributed by atoms with van der Waals surface area (Å²) in [6.45, 7) is 1.44. The monoisotopic (exact) mass is 458 g/mol. The number of nitrogen functional groups attached to an aromatic ring is 1. The zero-order chi connectivity index (χ0) is 22.5. The highest BCUT2D eigenvalue weighted by Crippen LogP contribution is 2.42. The van der Waals surface area contributed by atoms with E-state index in [-0.39, 0.29) is 11.9 Å². The lowest BCUT2D eigenvalue weighted by molar-refractivity contribution is 0.0125. The molecule has 2 aliphatic heterocycles. The van der Waals surface area contributed by atoms with Gasteiger partial charge in [0, 0.05) is 53.0 Å². The molecule has 2 bridgehead atoms. The molecular formula is C25H23ClN6O. The number of hydrogen-bond donors (Lipinski definition) is 3. The number of aromatic nitrogens is 3. The number of nitrogens with one attached hydrogen (secondary N) is 2. The lowest BCUT2D eigenvalue weighted by atomic mass is 9.66. The fraction of sp³-hybridized carbons (Fsp3) is 0.240. The number of amides is 1. The predicted molar refractivity (Wildman–Crippen MR) is 130 cm³/mol. The van der Waals surface area contributed by atoms with Gasteiger partial charge in [-0.25, -0.2) is 9.97 Å². The molecule has 4 heterocycles. The maximum absolute atomic E-state index is 12.9. The molecule has 166 valence electrons. The van der Waals surface area contributed by atoms with Gasteiger partial charge in [-0.2, -0.15) is 0 Å². The first-order valence-corrected chi connectivity index (χ1v) is 11.4. The zero-order valence-electron chi connectivity index (χ0n) is 17.8. The molecule has 0 spiro atoms. The van der Waals surface area contributed by atoms with Crippen LogP contribution in [0.4, 0.5) is 11.6 Å². The molecule has 7 nitrogen and oxygen atoms in total. The van der Waals surface area contributed by atoms with Crippen molar-refractivity contribution in [1.29, 1.82) is 0 Å². The minimum Gasteiger partial charge on any atom is -0.399 e. The second-order valence-electron chi connectivity index (χ2n) is 8.90. The van der Waals surface area contributed by atoms with E-state index in [2.05, 4.69) is 21.4 Å². The maximum atomic E-state index is 12.9. The average molecular weight is 459 g/mol. The zero-order valence-corrected chi connectivity index (χ0v) is 18.6. The Morgan fingerprint density at radius 2 is 1.88 bits per heavy atom. The highest BCUT2D eigenvalue weighted by atomic mass is 35.5. The number of nitrogens with two attached hydrogens (primary N) is 1. The first-order valence-electron chi connectivity index (χ1n) is 11.1. The van der Waals surface area contributed by atoms with Gasteiger partial charge in [-0.05, 0) is 48.6 Å². The first kappa shape index (κ1) is 20.1. The largest absolute Gasteiger partial charge is 0.399 e. The summed E-state index contributed by atoms with van der Waals surface area (Å²) in [5, 5.41) is 5.10. The molecule has 4 aromatic rings. The fourth-order valence-corrected chi connectivity index (χ4v) is 5.33. The summed E-state index contributed by atoms with van der Waals surface area (Å²) < 4.78 is 0. The van der Waals surface area contributed by atoms with E-state index >= 15 is 0 Å². The number of halogens is 1. The van der Waals surface area contributed by atoms with Crippen LogP contribution in [0.15, 0.2) is 60.9 Å². The van der Waals surface area contributed by atoms with E-state index in [1.54, 1.807) is 30.5 Å². The molecule has 2 unspecified atom stereocenters.